The second-order valence-electron chi connectivity index (χ2n) is 6.08. The molecule has 0 saturated carbocycles. The minimum atomic E-state index is -0.442. The number of nitrogens with zero attached hydrogens (tertiary/aromatic N) is 1. The Morgan fingerprint density at radius 3 is 2.29 bits per heavy atom. The van der Waals surface area contributed by atoms with Crippen molar-refractivity contribution >= 4 is 34.8 Å². The normalized spacial score (nSPS) is 11.0. The molecular formula is C20H22ClN3O4. The lowest BCUT2D eigenvalue weighted by Crippen LogP contribution is -2.21. The van der Waals surface area contributed by atoms with E-state index in [0.29, 0.717) is 33.5 Å². The maximum absolute atomic E-state index is 12.3. The van der Waals surface area contributed by atoms with Crippen molar-refractivity contribution in [3.05, 3.63) is 52.5 Å². The summed E-state index contributed by atoms with van der Waals surface area (Å²) < 4.78 is 10.3. The van der Waals surface area contributed by atoms with Crippen molar-refractivity contribution in [2.45, 2.75) is 20.3 Å². The van der Waals surface area contributed by atoms with E-state index >= 15 is 0 Å². The number of halogens is 1. The molecule has 28 heavy (non-hydrogen) atoms. The number of hydrogen-bond acceptors (Lipinski definition) is 5. The highest BCUT2D eigenvalue weighted by molar-refractivity contribution is 6.31. The van der Waals surface area contributed by atoms with Crippen LogP contribution in [-0.2, 0) is 4.79 Å². The number of methoxy groups -OCH3 is 2. The Balaban J connectivity index is 1.97. The molecule has 0 aliphatic carbocycles. The average molecular weight is 404 g/mol. The van der Waals surface area contributed by atoms with Crippen LogP contribution in [0.1, 0.15) is 29.3 Å². The molecular weight excluding hydrogens is 382 g/mol. The van der Waals surface area contributed by atoms with E-state index in [-0.39, 0.29) is 12.3 Å². The van der Waals surface area contributed by atoms with Crippen molar-refractivity contribution in [1.29, 1.82) is 0 Å². The second-order valence-corrected chi connectivity index (χ2v) is 6.49. The lowest BCUT2D eigenvalue weighted by Gasteiger charge is -2.08. The Bertz CT molecular complexity index is 890. The minimum absolute atomic E-state index is 0.0210. The average Bonchev–Trinajstić information content (AvgIpc) is 2.68. The second kappa shape index (κ2) is 9.75. The summed E-state index contributed by atoms with van der Waals surface area (Å²) in [4.78, 5) is 24.4. The fourth-order valence-corrected chi connectivity index (χ4v) is 2.48. The van der Waals surface area contributed by atoms with Crippen LogP contribution < -0.4 is 20.2 Å². The Labute approximate surface area is 168 Å². The maximum atomic E-state index is 12.3. The van der Waals surface area contributed by atoms with Crippen molar-refractivity contribution in [2.75, 3.05) is 19.5 Å². The van der Waals surface area contributed by atoms with Crippen molar-refractivity contribution in [3.63, 3.8) is 0 Å². The van der Waals surface area contributed by atoms with Crippen molar-refractivity contribution in [2.24, 2.45) is 5.10 Å². The Hall–Kier alpha value is -3.06. The van der Waals surface area contributed by atoms with Crippen LogP contribution in [0.25, 0.3) is 0 Å². The maximum Gasteiger partial charge on any atom is 0.271 e. The number of benzene rings is 2. The molecule has 0 spiro atoms. The molecule has 0 aliphatic heterocycles. The molecule has 0 saturated heterocycles. The Morgan fingerprint density at radius 2 is 1.71 bits per heavy atom. The van der Waals surface area contributed by atoms with Gasteiger partial charge in [-0.2, -0.15) is 5.10 Å². The van der Waals surface area contributed by atoms with Crippen LogP contribution in [0.3, 0.4) is 0 Å². The third kappa shape index (κ3) is 5.99. The molecule has 0 heterocycles. The number of amides is 2. The van der Waals surface area contributed by atoms with Gasteiger partial charge in [-0.25, -0.2) is 5.43 Å². The van der Waals surface area contributed by atoms with Crippen molar-refractivity contribution in [1.82, 2.24) is 5.43 Å². The van der Waals surface area contributed by atoms with E-state index in [2.05, 4.69) is 15.8 Å². The number of anilines is 1. The van der Waals surface area contributed by atoms with Gasteiger partial charge in [0.05, 0.1) is 20.6 Å². The van der Waals surface area contributed by atoms with Crippen molar-refractivity contribution < 1.29 is 19.1 Å². The van der Waals surface area contributed by atoms with E-state index in [4.69, 9.17) is 21.1 Å². The van der Waals surface area contributed by atoms with E-state index in [1.165, 1.54) is 14.2 Å². The van der Waals surface area contributed by atoms with Crippen LogP contribution in [0.2, 0.25) is 5.02 Å². The van der Waals surface area contributed by atoms with Gasteiger partial charge in [0.2, 0.25) is 5.91 Å². The van der Waals surface area contributed by atoms with Gasteiger partial charge in [0.15, 0.2) is 0 Å². The first-order valence-electron chi connectivity index (χ1n) is 8.45. The standard InChI is InChI=1S/C20H22ClN3O4/c1-12-5-6-15(10-18(12)21)22-19(25)7-13(2)23-24-20(26)14-8-16(27-3)11-17(9-14)28-4/h5-6,8-11H,7H2,1-4H3,(H,22,25)(H,24,26)/b23-13+. The molecule has 0 atom stereocenters. The first kappa shape index (κ1) is 21.2. The first-order valence-corrected chi connectivity index (χ1v) is 8.82. The topological polar surface area (TPSA) is 89.0 Å². The summed E-state index contributed by atoms with van der Waals surface area (Å²) in [7, 11) is 3.00. The van der Waals surface area contributed by atoms with E-state index in [1.807, 2.05) is 13.0 Å². The zero-order chi connectivity index (χ0) is 20.7. The van der Waals surface area contributed by atoms with Gasteiger partial charge in [-0.15, -0.1) is 0 Å². The highest BCUT2D eigenvalue weighted by Crippen LogP contribution is 2.22. The predicted octanol–water partition coefficient (Wildman–Crippen LogP) is 3.80. The summed E-state index contributed by atoms with van der Waals surface area (Å²) in [5, 5.41) is 7.29. The van der Waals surface area contributed by atoms with Gasteiger partial charge in [0, 0.05) is 28.1 Å². The van der Waals surface area contributed by atoms with E-state index in [0.717, 1.165) is 5.56 Å². The fourth-order valence-electron chi connectivity index (χ4n) is 2.30. The molecule has 0 aromatic heterocycles. The molecule has 0 unspecified atom stereocenters. The van der Waals surface area contributed by atoms with Gasteiger partial charge in [-0.1, -0.05) is 17.7 Å². The third-order valence-electron chi connectivity index (χ3n) is 3.83. The van der Waals surface area contributed by atoms with Gasteiger partial charge in [-0.05, 0) is 43.7 Å². The lowest BCUT2D eigenvalue weighted by atomic mass is 10.2. The van der Waals surface area contributed by atoms with Crippen LogP contribution >= 0.6 is 11.6 Å². The minimum Gasteiger partial charge on any atom is -0.497 e. The summed E-state index contributed by atoms with van der Waals surface area (Å²) in [6.07, 6.45) is 0.0210. The largest absolute Gasteiger partial charge is 0.497 e. The molecule has 7 nitrogen and oxygen atoms in total. The number of ether oxygens (including phenoxy) is 2. The van der Waals surface area contributed by atoms with Gasteiger partial charge in [0.25, 0.3) is 5.91 Å². The monoisotopic (exact) mass is 403 g/mol. The zero-order valence-corrected chi connectivity index (χ0v) is 16.9. The van der Waals surface area contributed by atoms with E-state index in [9.17, 15) is 9.59 Å². The Morgan fingerprint density at radius 1 is 1.07 bits per heavy atom. The van der Waals surface area contributed by atoms with E-state index < -0.39 is 5.91 Å². The third-order valence-corrected chi connectivity index (χ3v) is 4.24. The smallest absolute Gasteiger partial charge is 0.271 e. The number of rotatable bonds is 7. The van der Waals surface area contributed by atoms with Gasteiger partial charge in [-0.3, -0.25) is 9.59 Å². The molecule has 0 fully saturated rings. The molecule has 2 rings (SSSR count). The quantitative estimate of drug-likeness (QED) is 0.543. The Kier molecular flexibility index (Phi) is 7.40. The summed E-state index contributed by atoms with van der Waals surface area (Å²) in [6.45, 7) is 3.53. The first-order chi connectivity index (χ1) is 13.3. The molecule has 2 aromatic rings. The number of carbonyl (C=O) groups is 2. The zero-order valence-electron chi connectivity index (χ0n) is 16.1. The SMILES string of the molecule is COc1cc(OC)cc(C(=O)N/N=C(\C)CC(=O)Nc2ccc(C)c(Cl)c2)c1. The highest BCUT2D eigenvalue weighted by atomic mass is 35.5. The number of carbonyl (C=O) groups excluding carboxylic acids is 2. The molecule has 148 valence electrons. The van der Waals surface area contributed by atoms with Crippen LogP contribution in [0.15, 0.2) is 41.5 Å². The summed E-state index contributed by atoms with van der Waals surface area (Å²) in [6, 6.07) is 10.1. The predicted molar refractivity (Wildman–Crippen MR) is 110 cm³/mol. The highest BCUT2D eigenvalue weighted by Gasteiger charge is 2.10. The number of hydrogen-bond donors (Lipinski definition) is 2. The van der Waals surface area contributed by atoms with Gasteiger partial charge >= 0.3 is 0 Å². The van der Waals surface area contributed by atoms with E-state index in [1.54, 1.807) is 37.3 Å². The van der Waals surface area contributed by atoms with Gasteiger partial charge < -0.3 is 14.8 Å². The molecule has 8 heteroatoms. The molecule has 0 radical (unpaired) electrons. The fraction of sp³-hybridized carbons (Fsp3) is 0.250. The molecule has 2 amide bonds. The van der Waals surface area contributed by atoms with Crippen LogP contribution in [-0.4, -0.2) is 31.7 Å². The summed E-state index contributed by atoms with van der Waals surface area (Å²) in [5.41, 5.74) is 4.72. The number of hydrazone groups is 1. The molecule has 2 aromatic carbocycles. The number of nitrogens with one attached hydrogen (secondary N) is 2. The molecule has 2 N–H and O–H groups in total. The van der Waals surface area contributed by atoms with Crippen LogP contribution in [0.4, 0.5) is 5.69 Å². The summed E-state index contributed by atoms with van der Waals surface area (Å²) >= 11 is 6.05. The molecule has 0 aliphatic rings. The summed E-state index contributed by atoms with van der Waals surface area (Å²) in [5.74, 6) is 0.267. The van der Waals surface area contributed by atoms with Crippen molar-refractivity contribution in [3.8, 4) is 11.5 Å². The molecule has 0 bridgehead atoms. The number of aryl methyl sites for hydroxylation is 1. The van der Waals surface area contributed by atoms with Crippen LogP contribution in [0, 0.1) is 6.92 Å². The lowest BCUT2D eigenvalue weighted by molar-refractivity contribution is -0.115. The van der Waals surface area contributed by atoms with Crippen LogP contribution in [0.5, 0.6) is 11.5 Å². The van der Waals surface area contributed by atoms with Gasteiger partial charge in [0.1, 0.15) is 11.5 Å².